The van der Waals surface area contributed by atoms with Crippen LogP contribution in [0.3, 0.4) is 0 Å². The molecule has 0 unspecified atom stereocenters. The Morgan fingerprint density at radius 2 is 1.35 bits per heavy atom. The largest absolute Gasteiger partial charge is 0.309 e. The molecule has 0 atom stereocenters. The highest BCUT2D eigenvalue weighted by Gasteiger charge is 2.53. The van der Waals surface area contributed by atoms with Crippen molar-refractivity contribution in [3.8, 4) is 17.1 Å². The van der Waals surface area contributed by atoms with Gasteiger partial charge in [0, 0.05) is 38.3 Å². The zero-order valence-electron chi connectivity index (χ0n) is 27.1. The first kappa shape index (κ1) is 24.6. The third-order valence-corrected chi connectivity index (χ3v) is 13.4. The van der Waals surface area contributed by atoms with Crippen LogP contribution in [-0.2, 0) is 10.8 Å². The number of nitrogens with zero attached hydrogens (tertiary/aromatic N) is 3. The van der Waals surface area contributed by atoms with Crippen molar-refractivity contribution < 1.29 is 0 Å². The summed E-state index contributed by atoms with van der Waals surface area (Å²) < 4.78 is 5.28. The van der Waals surface area contributed by atoms with Gasteiger partial charge in [0.15, 0.2) is 0 Å². The minimum absolute atomic E-state index is 0.179. The zero-order chi connectivity index (χ0) is 30.6. The van der Waals surface area contributed by atoms with Crippen LogP contribution in [0.5, 0.6) is 0 Å². The number of hydrogen-bond acceptors (Lipinski definition) is 1. The number of hydrogen-bond donors (Lipinski definition) is 0. The van der Waals surface area contributed by atoms with E-state index in [9.17, 15) is 0 Å². The van der Waals surface area contributed by atoms with E-state index in [1.54, 1.807) is 16.6 Å². The summed E-state index contributed by atoms with van der Waals surface area (Å²) in [7, 11) is 0. The highest BCUT2D eigenvalue weighted by molar-refractivity contribution is 7.01. The summed E-state index contributed by atoms with van der Waals surface area (Å²) in [5, 5.41) is 5.60. The maximum absolute atomic E-state index is 5.68. The van der Waals surface area contributed by atoms with Gasteiger partial charge in [-0.15, -0.1) is 0 Å². The first-order valence-electron chi connectivity index (χ1n) is 17.2. The van der Waals surface area contributed by atoms with Crippen LogP contribution in [0.2, 0.25) is 0 Å². The standard InChI is InChI=1S/C42H34BN3/c1-21-9-6-10-22(2)31(21)40-44-29-20-27-33(42(5)17-15-41(27,4)16-18-42)35-38(29)45(40)30-19-23(3)32-26-13-7-11-24-25-12-8-14-28-37(25)46(36(24)26)39(32)34(30)43(28)35/h6-14,19-20H,15-18H2,1-5H3. The second-order valence-electron chi connectivity index (χ2n) is 15.8. The average Bonchev–Trinajstić information content (AvgIpc) is 3.71. The summed E-state index contributed by atoms with van der Waals surface area (Å²) in [4.78, 5) is 5.68. The van der Waals surface area contributed by atoms with Crippen LogP contribution in [0.4, 0.5) is 0 Å². The molecule has 13 rings (SSSR count). The van der Waals surface area contributed by atoms with Crippen LogP contribution in [0.25, 0.3) is 66.2 Å². The molecule has 0 radical (unpaired) electrons. The third-order valence-electron chi connectivity index (χ3n) is 13.4. The van der Waals surface area contributed by atoms with Gasteiger partial charge in [0.05, 0.1) is 22.1 Å². The number of aromatic nitrogens is 3. The van der Waals surface area contributed by atoms with Crippen molar-refractivity contribution in [3.63, 3.8) is 0 Å². The first-order chi connectivity index (χ1) is 22.3. The van der Waals surface area contributed by atoms with Crippen molar-refractivity contribution in [3.05, 3.63) is 94.5 Å². The van der Waals surface area contributed by atoms with Crippen LogP contribution >= 0.6 is 0 Å². The molecule has 4 heteroatoms. The molecule has 0 spiro atoms. The summed E-state index contributed by atoms with van der Waals surface area (Å²) in [5.74, 6) is 1.10. The molecule has 2 bridgehead atoms. The van der Waals surface area contributed by atoms with Crippen LogP contribution < -0.4 is 16.4 Å². The van der Waals surface area contributed by atoms with E-state index in [0.29, 0.717) is 0 Å². The fourth-order valence-corrected chi connectivity index (χ4v) is 11.2. The lowest BCUT2D eigenvalue weighted by Gasteiger charge is -2.54. The Morgan fingerprint density at radius 1 is 0.674 bits per heavy atom. The molecule has 3 aromatic heterocycles. The second kappa shape index (κ2) is 7.36. The summed E-state index contributed by atoms with van der Waals surface area (Å²) in [6, 6.07) is 25.9. The highest BCUT2D eigenvalue weighted by Crippen LogP contribution is 2.57. The van der Waals surface area contributed by atoms with E-state index >= 15 is 0 Å². The fraction of sp³-hybridized carbons (Fsp3) is 0.262. The van der Waals surface area contributed by atoms with Gasteiger partial charge in [0.1, 0.15) is 5.82 Å². The molecule has 0 N–H and O–H groups in total. The molecule has 5 aliphatic rings. The molecule has 220 valence electrons. The van der Waals surface area contributed by atoms with Crippen molar-refractivity contribution in [1.29, 1.82) is 0 Å². The Morgan fingerprint density at radius 3 is 2.13 bits per heavy atom. The van der Waals surface area contributed by atoms with E-state index in [4.69, 9.17) is 4.98 Å². The average molecular weight is 592 g/mol. The Hall–Kier alpha value is -4.57. The quantitative estimate of drug-likeness (QED) is 0.177. The van der Waals surface area contributed by atoms with E-state index in [1.807, 2.05) is 0 Å². The Bertz CT molecular complexity index is 2740. The topological polar surface area (TPSA) is 22.2 Å². The van der Waals surface area contributed by atoms with Gasteiger partial charge in [-0.3, -0.25) is 4.57 Å². The molecular formula is C42H34BN3. The molecule has 5 aromatic carbocycles. The van der Waals surface area contributed by atoms with E-state index in [1.165, 1.54) is 114 Å². The van der Waals surface area contributed by atoms with Gasteiger partial charge in [-0.25, -0.2) is 4.98 Å². The third kappa shape index (κ3) is 2.41. The Kier molecular flexibility index (Phi) is 3.94. The fourth-order valence-electron chi connectivity index (χ4n) is 11.2. The SMILES string of the molecule is Cc1cccc(C)c1-c1nc2cc3c(c4c2n1-c1cc(C)c2c5cccc6c7cccc8c7n(c2c1B48)c65)C1(C)CCC3(C)CC1. The van der Waals surface area contributed by atoms with Gasteiger partial charge in [-0.1, -0.05) is 68.4 Å². The van der Waals surface area contributed by atoms with Crippen molar-refractivity contribution in [2.75, 3.05) is 0 Å². The van der Waals surface area contributed by atoms with Crippen molar-refractivity contribution in [1.82, 2.24) is 14.0 Å². The molecule has 1 saturated carbocycles. The predicted molar refractivity (Wildman–Crippen MR) is 193 cm³/mol. The molecule has 8 aromatic rings. The van der Waals surface area contributed by atoms with Gasteiger partial charge < -0.3 is 4.40 Å². The molecule has 46 heavy (non-hydrogen) atoms. The smallest absolute Gasteiger partial charge is 0.252 e. The summed E-state index contributed by atoms with van der Waals surface area (Å²) in [6.45, 7) is 12.2. The summed E-state index contributed by atoms with van der Waals surface area (Å²) in [6.07, 6.45) is 5.08. The molecular weight excluding hydrogens is 557 g/mol. The number of benzene rings is 5. The minimum atomic E-state index is 0.179. The number of imidazole rings is 1. The first-order valence-corrected chi connectivity index (χ1v) is 17.2. The maximum atomic E-state index is 5.68. The molecule has 2 aliphatic heterocycles. The predicted octanol–water partition coefficient (Wildman–Crippen LogP) is 8.01. The van der Waals surface area contributed by atoms with Crippen LogP contribution in [0.1, 0.15) is 67.3 Å². The van der Waals surface area contributed by atoms with Crippen LogP contribution in [-0.4, -0.2) is 20.7 Å². The highest BCUT2D eigenvalue weighted by atomic mass is 15.1. The Labute approximate surface area is 268 Å². The second-order valence-corrected chi connectivity index (χ2v) is 15.8. The van der Waals surface area contributed by atoms with Gasteiger partial charge in [0.2, 0.25) is 0 Å². The van der Waals surface area contributed by atoms with Gasteiger partial charge in [0.25, 0.3) is 6.71 Å². The Balaban J connectivity index is 1.39. The minimum Gasteiger partial charge on any atom is -0.309 e. The molecule has 1 fully saturated rings. The van der Waals surface area contributed by atoms with E-state index < -0.39 is 0 Å². The lowest BCUT2D eigenvalue weighted by Crippen LogP contribution is -2.62. The summed E-state index contributed by atoms with van der Waals surface area (Å²) in [5.41, 5.74) is 21.4. The number of aryl methyl sites for hydroxylation is 3. The molecule has 3 nitrogen and oxygen atoms in total. The molecule has 3 aliphatic carbocycles. The zero-order valence-corrected chi connectivity index (χ0v) is 27.1. The van der Waals surface area contributed by atoms with Crippen LogP contribution in [0.15, 0.2) is 66.7 Å². The van der Waals surface area contributed by atoms with Gasteiger partial charge in [-0.2, -0.15) is 0 Å². The lowest BCUT2D eigenvalue weighted by atomic mass is 9.31. The van der Waals surface area contributed by atoms with E-state index in [2.05, 4.69) is 110 Å². The monoisotopic (exact) mass is 591 g/mol. The van der Waals surface area contributed by atoms with Gasteiger partial charge in [-0.05, 0) is 114 Å². The van der Waals surface area contributed by atoms with Gasteiger partial charge >= 0.3 is 0 Å². The van der Waals surface area contributed by atoms with E-state index in [-0.39, 0.29) is 17.5 Å². The molecule has 5 heterocycles. The number of fused-ring (bicyclic) bond motifs is 7. The van der Waals surface area contributed by atoms with E-state index in [0.717, 1.165) is 5.82 Å². The number of rotatable bonds is 1. The maximum Gasteiger partial charge on any atom is 0.252 e. The van der Waals surface area contributed by atoms with Crippen LogP contribution in [0, 0.1) is 20.8 Å². The normalized spacial score (nSPS) is 22.2. The molecule has 0 saturated heterocycles. The lowest BCUT2D eigenvalue weighted by molar-refractivity contribution is 0.189. The number of para-hydroxylation sites is 2. The van der Waals surface area contributed by atoms with Crippen molar-refractivity contribution in [2.45, 2.75) is 71.1 Å². The molecule has 0 amide bonds. The van der Waals surface area contributed by atoms with Crippen molar-refractivity contribution in [2.24, 2.45) is 0 Å². The van der Waals surface area contributed by atoms with Crippen molar-refractivity contribution >= 4 is 72.2 Å². The summed E-state index contributed by atoms with van der Waals surface area (Å²) >= 11 is 0.